The summed E-state index contributed by atoms with van der Waals surface area (Å²) in [4.78, 5) is 11.2. The predicted molar refractivity (Wildman–Crippen MR) is 66.3 cm³/mol. The van der Waals surface area contributed by atoms with E-state index in [1.54, 1.807) is 0 Å². The molecule has 1 rings (SSSR count). The number of hydrogen-bond donors (Lipinski definition) is 3. The second-order valence-electron chi connectivity index (χ2n) is 3.33. The fourth-order valence-corrected chi connectivity index (χ4v) is 1.33. The number of aliphatic hydroxyl groups excluding tert-OH is 1. The molecule has 0 aliphatic carbocycles. The van der Waals surface area contributed by atoms with Crippen molar-refractivity contribution in [2.75, 3.05) is 13.2 Å². The van der Waals surface area contributed by atoms with Crippen LogP contribution >= 0.6 is 0 Å². The lowest BCUT2D eigenvalue weighted by Crippen LogP contribution is -2.34. The van der Waals surface area contributed by atoms with Gasteiger partial charge in [0.25, 0.3) is 0 Å². The van der Waals surface area contributed by atoms with Gasteiger partial charge >= 0.3 is 6.03 Å². The van der Waals surface area contributed by atoms with E-state index in [2.05, 4.69) is 22.5 Å². The number of amides is 2. The van der Waals surface area contributed by atoms with E-state index < -0.39 is 0 Å². The Morgan fingerprint density at radius 3 is 2.82 bits per heavy atom. The van der Waals surface area contributed by atoms with E-state index >= 15 is 0 Å². The molecule has 1 aromatic rings. The lowest BCUT2D eigenvalue weighted by Gasteiger charge is -2.07. The first kappa shape index (κ1) is 13.1. The van der Waals surface area contributed by atoms with Crippen LogP contribution in [0.2, 0.25) is 0 Å². The monoisotopic (exact) mass is 232 g/mol. The molecule has 0 aromatic heterocycles. The highest BCUT2D eigenvalue weighted by Gasteiger charge is 2.01. The van der Waals surface area contributed by atoms with E-state index in [0.29, 0.717) is 13.1 Å². The minimum absolute atomic E-state index is 0.169. The Labute approximate surface area is 101 Å². The highest BCUT2D eigenvalue weighted by Crippen LogP contribution is 2.06. The van der Waals surface area contributed by atoms with Gasteiger partial charge in [-0.3, -0.25) is 0 Å². The van der Waals surface area contributed by atoms with Gasteiger partial charge in [-0.25, -0.2) is 4.79 Å². The molecule has 4 heteroatoms. The molecule has 0 saturated carbocycles. The third kappa shape index (κ3) is 4.58. The molecule has 0 saturated heterocycles. The quantitative estimate of drug-likeness (QED) is 0.677. The maximum Gasteiger partial charge on any atom is 0.315 e. The molecule has 0 aliphatic heterocycles. The van der Waals surface area contributed by atoms with E-state index in [1.165, 1.54) is 0 Å². The summed E-state index contributed by atoms with van der Waals surface area (Å²) < 4.78 is 0. The Morgan fingerprint density at radius 1 is 1.35 bits per heavy atom. The Balaban J connectivity index is 2.67. The molecule has 0 fully saturated rings. The average Bonchev–Trinajstić information content (AvgIpc) is 2.35. The van der Waals surface area contributed by atoms with Crippen molar-refractivity contribution in [2.45, 2.75) is 13.5 Å². The number of rotatable bonds is 3. The Bertz CT molecular complexity index is 433. The van der Waals surface area contributed by atoms with Gasteiger partial charge in [0.05, 0.1) is 0 Å². The van der Waals surface area contributed by atoms with Gasteiger partial charge in [0.2, 0.25) is 0 Å². The van der Waals surface area contributed by atoms with Crippen LogP contribution in [0.4, 0.5) is 4.79 Å². The van der Waals surface area contributed by atoms with Gasteiger partial charge in [-0.1, -0.05) is 30.0 Å². The second kappa shape index (κ2) is 7.31. The lowest BCUT2D eigenvalue weighted by molar-refractivity contribution is 0.241. The van der Waals surface area contributed by atoms with Crippen LogP contribution in [-0.4, -0.2) is 24.3 Å². The van der Waals surface area contributed by atoms with Gasteiger partial charge in [0.1, 0.15) is 6.61 Å². The molecule has 1 aromatic carbocycles. The maximum atomic E-state index is 11.2. The molecular formula is C13H16N2O2. The summed E-state index contributed by atoms with van der Waals surface area (Å²) in [7, 11) is 0. The number of nitrogens with one attached hydrogen (secondary N) is 2. The zero-order valence-electron chi connectivity index (χ0n) is 9.79. The van der Waals surface area contributed by atoms with Gasteiger partial charge in [0, 0.05) is 18.7 Å². The van der Waals surface area contributed by atoms with E-state index in [9.17, 15) is 4.79 Å². The van der Waals surface area contributed by atoms with Crippen molar-refractivity contribution in [3.8, 4) is 11.8 Å². The number of benzene rings is 1. The highest BCUT2D eigenvalue weighted by molar-refractivity contribution is 5.73. The standard InChI is InChI=1S/C13H16N2O2/c1-2-14-13(17)15-10-12-7-4-3-6-11(12)8-5-9-16/h3-4,6-7,16H,2,9-10H2,1H3,(H2,14,15,17). The minimum Gasteiger partial charge on any atom is -0.384 e. The van der Waals surface area contributed by atoms with Gasteiger partial charge in [-0.2, -0.15) is 0 Å². The van der Waals surface area contributed by atoms with Crippen molar-refractivity contribution in [2.24, 2.45) is 0 Å². The van der Waals surface area contributed by atoms with Crippen molar-refractivity contribution in [3.05, 3.63) is 35.4 Å². The number of aliphatic hydroxyl groups is 1. The van der Waals surface area contributed by atoms with E-state index in [1.807, 2.05) is 31.2 Å². The van der Waals surface area contributed by atoms with E-state index in [-0.39, 0.29) is 12.6 Å². The van der Waals surface area contributed by atoms with Crippen LogP contribution < -0.4 is 10.6 Å². The van der Waals surface area contributed by atoms with Crippen LogP contribution in [-0.2, 0) is 6.54 Å². The van der Waals surface area contributed by atoms with Crippen LogP contribution in [0, 0.1) is 11.8 Å². The number of carbonyl (C=O) groups excluding carboxylic acids is 1. The molecule has 17 heavy (non-hydrogen) atoms. The number of hydrogen-bond acceptors (Lipinski definition) is 2. The van der Waals surface area contributed by atoms with Crippen molar-refractivity contribution in [1.82, 2.24) is 10.6 Å². The fourth-order valence-electron chi connectivity index (χ4n) is 1.33. The summed E-state index contributed by atoms with van der Waals surface area (Å²) in [6.45, 7) is 2.71. The van der Waals surface area contributed by atoms with Crippen LogP contribution in [0.1, 0.15) is 18.1 Å². The van der Waals surface area contributed by atoms with Crippen LogP contribution in [0.5, 0.6) is 0 Å². The van der Waals surface area contributed by atoms with Gasteiger partial charge in [0.15, 0.2) is 0 Å². The molecule has 2 amide bonds. The minimum atomic E-state index is -0.197. The molecule has 0 unspecified atom stereocenters. The Kier molecular flexibility index (Phi) is 5.62. The fraction of sp³-hybridized carbons (Fsp3) is 0.308. The normalized spacial score (nSPS) is 9.06. The van der Waals surface area contributed by atoms with Gasteiger partial charge in [-0.05, 0) is 18.6 Å². The third-order valence-corrected chi connectivity index (χ3v) is 2.10. The molecular weight excluding hydrogens is 216 g/mol. The molecule has 0 heterocycles. The van der Waals surface area contributed by atoms with Crippen LogP contribution in [0.15, 0.2) is 24.3 Å². The summed E-state index contributed by atoms with van der Waals surface area (Å²) in [5, 5.41) is 14.0. The van der Waals surface area contributed by atoms with E-state index in [0.717, 1.165) is 11.1 Å². The summed E-state index contributed by atoms with van der Waals surface area (Å²) >= 11 is 0. The molecule has 90 valence electrons. The van der Waals surface area contributed by atoms with Gasteiger partial charge in [-0.15, -0.1) is 0 Å². The highest BCUT2D eigenvalue weighted by atomic mass is 16.2. The molecule has 4 nitrogen and oxygen atoms in total. The molecule has 0 bridgehead atoms. The molecule has 0 aliphatic rings. The third-order valence-electron chi connectivity index (χ3n) is 2.10. The van der Waals surface area contributed by atoms with Crippen molar-refractivity contribution in [1.29, 1.82) is 0 Å². The van der Waals surface area contributed by atoms with E-state index in [4.69, 9.17) is 5.11 Å². The van der Waals surface area contributed by atoms with Crippen LogP contribution in [0.25, 0.3) is 0 Å². The zero-order chi connectivity index (χ0) is 12.5. The summed E-state index contributed by atoms with van der Waals surface area (Å²) in [6.07, 6.45) is 0. The maximum absolute atomic E-state index is 11.2. The first-order valence-electron chi connectivity index (χ1n) is 5.47. The first-order valence-corrected chi connectivity index (χ1v) is 5.47. The second-order valence-corrected chi connectivity index (χ2v) is 3.33. The molecule has 0 spiro atoms. The largest absolute Gasteiger partial charge is 0.384 e. The Hall–Kier alpha value is -1.99. The molecule has 3 N–H and O–H groups in total. The smallest absolute Gasteiger partial charge is 0.315 e. The summed E-state index contributed by atoms with van der Waals surface area (Å²) in [6, 6.07) is 7.32. The topological polar surface area (TPSA) is 61.4 Å². The summed E-state index contributed by atoms with van der Waals surface area (Å²) in [5.74, 6) is 5.44. The first-order chi connectivity index (χ1) is 8.27. The number of urea groups is 1. The zero-order valence-corrected chi connectivity index (χ0v) is 9.79. The van der Waals surface area contributed by atoms with Crippen molar-refractivity contribution in [3.63, 3.8) is 0 Å². The lowest BCUT2D eigenvalue weighted by atomic mass is 10.1. The Morgan fingerprint density at radius 2 is 2.12 bits per heavy atom. The molecule has 0 radical (unpaired) electrons. The van der Waals surface area contributed by atoms with Crippen LogP contribution in [0.3, 0.4) is 0 Å². The summed E-state index contributed by atoms with van der Waals surface area (Å²) in [5.41, 5.74) is 1.75. The number of carbonyl (C=O) groups is 1. The average molecular weight is 232 g/mol. The predicted octanol–water partition coefficient (Wildman–Crippen LogP) is 0.849. The van der Waals surface area contributed by atoms with Crippen molar-refractivity contribution < 1.29 is 9.90 Å². The molecule has 0 atom stereocenters. The van der Waals surface area contributed by atoms with Gasteiger partial charge < -0.3 is 15.7 Å². The SMILES string of the molecule is CCNC(=O)NCc1ccccc1C#CCO. The van der Waals surface area contributed by atoms with Crippen molar-refractivity contribution >= 4 is 6.03 Å².